The zero-order valence-electron chi connectivity index (χ0n) is 7.87. The normalized spacial score (nSPS) is 21.4. The summed E-state index contributed by atoms with van der Waals surface area (Å²) in [6.45, 7) is 1.13. The second-order valence-electron chi connectivity index (χ2n) is 3.40. The maximum absolute atomic E-state index is 4.39. The van der Waals surface area contributed by atoms with E-state index in [0.29, 0.717) is 6.04 Å². The molecular formula is C10H14BrClN2. The largest absolute Gasteiger partial charge is 0.309 e. The highest BCUT2D eigenvalue weighted by Gasteiger charge is 2.14. The molecular weight excluding hydrogens is 263 g/mol. The first-order valence-electron chi connectivity index (χ1n) is 4.71. The smallest absolute Gasteiger partial charge is 0.0574 e. The van der Waals surface area contributed by atoms with E-state index in [0.717, 1.165) is 11.0 Å². The third-order valence-electron chi connectivity index (χ3n) is 2.42. The number of pyridine rings is 1. The van der Waals surface area contributed by atoms with Gasteiger partial charge >= 0.3 is 0 Å². The molecule has 0 amide bonds. The third-order valence-corrected chi connectivity index (χ3v) is 2.89. The molecule has 1 aliphatic rings. The summed E-state index contributed by atoms with van der Waals surface area (Å²) < 4.78 is 1.05. The summed E-state index contributed by atoms with van der Waals surface area (Å²) in [5.74, 6) is 0. The molecule has 0 spiro atoms. The standard InChI is InChI=1S/C10H13BrN2.ClH/c11-8-4-5-10(13-7-8)9-3-1-2-6-12-9;/h4-5,7,9,12H,1-3,6H2;1H/t9-;/m0./s1. The van der Waals surface area contributed by atoms with Crippen molar-refractivity contribution in [3.05, 3.63) is 28.5 Å². The van der Waals surface area contributed by atoms with Crippen molar-refractivity contribution in [1.82, 2.24) is 10.3 Å². The Bertz CT molecular complexity index is 270. The van der Waals surface area contributed by atoms with Crippen LogP contribution < -0.4 is 5.32 Å². The van der Waals surface area contributed by atoms with Gasteiger partial charge in [-0.05, 0) is 47.4 Å². The molecule has 1 aliphatic heterocycles. The molecule has 1 aromatic rings. The lowest BCUT2D eigenvalue weighted by Gasteiger charge is -2.22. The summed E-state index contributed by atoms with van der Waals surface area (Å²) in [6, 6.07) is 4.62. The van der Waals surface area contributed by atoms with Crippen LogP contribution in [0.5, 0.6) is 0 Å². The zero-order valence-corrected chi connectivity index (χ0v) is 10.3. The van der Waals surface area contributed by atoms with Crippen molar-refractivity contribution >= 4 is 28.3 Å². The SMILES string of the molecule is Brc1ccc([C@@H]2CCCCN2)nc1.Cl. The first-order valence-corrected chi connectivity index (χ1v) is 5.50. The molecule has 2 nitrogen and oxygen atoms in total. The van der Waals surface area contributed by atoms with Crippen molar-refractivity contribution < 1.29 is 0 Å². The number of hydrogen-bond donors (Lipinski definition) is 1. The van der Waals surface area contributed by atoms with Crippen LogP contribution in [-0.2, 0) is 0 Å². The van der Waals surface area contributed by atoms with E-state index >= 15 is 0 Å². The van der Waals surface area contributed by atoms with Crippen LogP contribution in [-0.4, -0.2) is 11.5 Å². The van der Waals surface area contributed by atoms with E-state index < -0.39 is 0 Å². The average Bonchev–Trinajstić information content (AvgIpc) is 2.20. The molecule has 4 heteroatoms. The van der Waals surface area contributed by atoms with E-state index in [2.05, 4.69) is 38.4 Å². The van der Waals surface area contributed by atoms with Gasteiger partial charge in [0.15, 0.2) is 0 Å². The van der Waals surface area contributed by atoms with Crippen molar-refractivity contribution in [2.75, 3.05) is 6.54 Å². The number of piperidine rings is 1. The van der Waals surface area contributed by atoms with Crippen LogP contribution in [0, 0.1) is 0 Å². The van der Waals surface area contributed by atoms with Gasteiger partial charge in [0.1, 0.15) is 0 Å². The van der Waals surface area contributed by atoms with Gasteiger partial charge < -0.3 is 5.32 Å². The quantitative estimate of drug-likeness (QED) is 0.853. The van der Waals surface area contributed by atoms with Crippen LogP contribution in [0.2, 0.25) is 0 Å². The van der Waals surface area contributed by atoms with Crippen LogP contribution in [0.1, 0.15) is 31.0 Å². The predicted molar refractivity (Wildman–Crippen MR) is 63.8 cm³/mol. The number of halogens is 2. The van der Waals surface area contributed by atoms with Crippen LogP contribution >= 0.6 is 28.3 Å². The third kappa shape index (κ3) is 2.94. The second-order valence-corrected chi connectivity index (χ2v) is 4.32. The Labute approximate surface area is 99.0 Å². The molecule has 0 radical (unpaired) electrons. The van der Waals surface area contributed by atoms with Crippen molar-refractivity contribution in [2.45, 2.75) is 25.3 Å². The van der Waals surface area contributed by atoms with Crippen LogP contribution in [0.3, 0.4) is 0 Å². The molecule has 78 valence electrons. The minimum Gasteiger partial charge on any atom is -0.309 e. The van der Waals surface area contributed by atoms with Gasteiger partial charge in [0, 0.05) is 16.7 Å². The number of hydrogen-bond acceptors (Lipinski definition) is 2. The Morgan fingerprint density at radius 1 is 1.36 bits per heavy atom. The van der Waals surface area contributed by atoms with Crippen LogP contribution in [0.4, 0.5) is 0 Å². The van der Waals surface area contributed by atoms with E-state index in [1.807, 2.05) is 6.20 Å². The highest BCUT2D eigenvalue weighted by molar-refractivity contribution is 9.10. The maximum Gasteiger partial charge on any atom is 0.0574 e. The average molecular weight is 278 g/mol. The van der Waals surface area contributed by atoms with E-state index in [1.165, 1.54) is 25.0 Å². The second kappa shape index (κ2) is 5.69. The van der Waals surface area contributed by atoms with E-state index in [-0.39, 0.29) is 12.4 Å². The van der Waals surface area contributed by atoms with Gasteiger partial charge in [0.05, 0.1) is 5.69 Å². The van der Waals surface area contributed by atoms with E-state index in [9.17, 15) is 0 Å². The fraction of sp³-hybridized carbons (Fsp3) is 0.500. The molecule has 1 N–H and O–H groups in total. The van der Waals surface area contributed by atoms with E-state index in [1.54, 1.807) is 0 Å². The van der Waals surface area contributed by atoms with Crippen molar-refractivity contribution in [1.29, 1.82) is 0 Å². The van der Waals surface area contributed by atoms with Crippen molar-refractivity contribution in [2.24, 2.45) is 0 Å². The van der Waals surface area contributed by atoms with Crippen LogP contribution in [0.25, 0.3) is 0 Å². The van der Waals surface area contributed by atoms with E-state index in [4.69, 9.17) is 0 Å². The molecule has 1 fully saturated rings. The molecule has 0 aliphatic carbocycles. The summed E-state index contributed by atoms with van der Waals surface area (Å²) in [7, 11) is 0. The summed E-state index contributed by atoms with van der Waals surface area (Å²) in [4.78, 5) is 4.39. The Hall–Kier alpha value is -0.120. The Morgan fingerprint density at radius 2 is 2.21 bits per heavy atom. The molecule has 1 atom stereocenters. The molecule has 14 heavy (non-hydrogen) atoms. The molecule has 0 aromatic carbocycles. The van der Waals surface area contributed by atoms with Gasteiger partial charge in [-0.3, -0.25) is 4.98 Å². The molecule has 0 saturated carbocycles. The van der Waals surface area contributed by atoms with Crippen LogP contribution in [0.15, 0.2) is 22.8 Å². The lowest BCUT2D eigenvalue weighted by molar-refractivity contribution is 0.405. The van der Waals surface area contributed by atoms with Gasteiger partial charge in [-0.25, -0.2) is 0 Å². The number of nitrogens with zero attached hydrogens (tertiary/aromatic N) is 1. The number of aromatic nitrogens is 1. The monoisotopic (exact) mass is 276 g/mol. The molecule has 0 bridgehead atoms. The molecule has 2 heterocycles. The van der Waals surface area contributed by atoms with Crippen molar-refractivity contribution in [3.63, 3.8) is 0 Å². The molecule has 2 rings (SSSR count). The maximum atomic E-state index is 4.39. The molecule has 0 unspecified atom stereocenters. The first kappa shape index (κ1) is 12.0. The fourth-order valence-corrected chi connectivity index (χ4v) is 1.93. The first-order chi connectivity index (χ1) is 6.36. The summed E-state index contributed by atoms with van der Waals surface area (Å²) in [6.07, 6.45) is 5.70. The lowest BCUT2D eigenvalue weighted by Crippen LogP contribution is -2.27. The Balaban J connectivity index is 0.000000980. The van der Waals surface area contributed by atoms with Gasteiger partial charge in [0.2, 0.25) is 0 Å². The van der Waals surface area contributed by atoms with Gasteiger partial charge in [-0.1, -0.05) is 6.42 Å². The number of rotatable bonds is 1. The topological polar surface area (TPSA) is 24.9 Å². The summed E-state index contributed by atoms with van der Waals surface area (Å²) in [5, 5.41) is 3.48. The van der Waals surface area contributed by atoms with Gasteiger partial charge in [-0.2, -0.15) is 0 Å². The molecule has 1 aromatic heterocycles. The highest BCUT2D eigenvalue weighted by Crippen LogP contribution is 2.21. The lowest BCUT2D eigenvalue weighted by atomic mass is 10.0. The zero-order chi connectivity index (χ0) is 9.10. The minimum atomic E-state index is 0. The van der Waals surface area contributed by atoms with Gasteiger partial charge in [0.25, 0.3) is 0 Å². The summed E-state index contributed by atoms with van der Waals surface area (Å²) in [5.41, 5.74) is 1.17. The highest BCUT2D eigenvalue weighted by atomic mass is 79.9. The van der Waals surface area contributed by atoms with Crippen molar-refractivity contribution in [3.8, 4) is 0 Å². The summed E-state index contributed by atoms with van der Waals surface area (Å²) >= 11 is 3.39. The fourth-order valence-electron chi connectivity index (χ4n) is 1.70. The Morgan fingerprint density at radius 3 is 2.79 bits per heavy atom. The minimum absolute atomic E-state index is 0. The van der Waals surface area contributed by atoms with Gasteiger partial charge in [-0.15, -0.1) is 12.4 Å². The predicted octanol–water partition coefficient (Wildman–Crippen LogP) is 3.08. The number of nitrogens with one attached hydrogen (secondary N) is 1. The molecule has 1 saturated heterocycles. The Kier molecular flexibility index (Phi) is 4.85.